The molecule has 0 bridgehead atoms. The lowest BCUT2D eigenvalue weighted by Crippen LogP contribution is -2.43. The van der Waals surface area contributed by atoms with Crippen molar-refractivity contribution in [2.75, 3.05) is 44.7 Å². The SMILES string of the molecule is CCOC(=O)c1cccc(NC(=O)N2CCC(CNC[C@H](O)COc3ccc(C)cc3)CC2)c1. The molecule has 2 aromatic carbocycles. The lowest BCUT2D eigenvalue weighted by Gasteiger charge is -2.32. The summed E-state index contributed by atoms with van der Waals surface area (Å²) in [5.74, 6) is 0.795. The Kier molecular flexibility index (Phi) is 9.73. The number of anilines is 1. The third kappa shape index (κ3) is 8.04. The van der Waals surface area contributed by atoms with Crippen molar-refractivity contribution in [2.45, 2.75) is 32.8 Å². The van der Waals surface area contributed by atoms with Gasteiger partial charge in [-0.15, -0.1) is 0 Å². The van der Waals surface area contributed by atoms with E-state index in [-0.39, 0.29) is 12.6 Å². The number of benzene rings is 2. The van der Waals surface area contributed by atoms with Gasteiger partial charge in [0.25, 0.3) is 0 Å². The largest absolute Gasteiger partial charge is 0.491 e. The molecule has 0 spiro atoms. The lowest BCUT2D eigenvalue weighted by molar-refractivity contribution is 0.0526. The first-order valence-electron chi connectivity index (χ1n) is 11.9. The molecule has 1 aliphatic rings. The van der Waals surface area contributed by atoms with E-state index in [1.165, 1.54) is 5.56 Å². The highest BCUT2D eigenvalue weighted by Gasteiger charge is 2.23. The van der Waals surface area contributed by atoms with Crippen LogP contribution in [0.2, 0.25) is 0 Å². The molecule has 1 heterocycles. The lowest BCUT2D eigenvalue weighted by atomic mass is 9.97. The highest BCUT2D eigenvalue weighted by molar-refractivity contribution is 5.94. The van der Waals surface area contributed by atoms with Gasteiger partial charge < -0.3 is 30.1 Å². The molecule has 1 fully saturated rings. The fourth-order valence-corrected chi connectivity index (χ4v) is 3.82. The molecule has 0 aromatic heterocycles. The summed E-state index contributed by atoms with van der Waals surface area (Å²) in [5, 5.41) is 16.3. The van der Waals surface area contributed by atoms with Gasteiger partial charge in [0.2, 0.25) is 0 Å². The van der Waals surface area contributed by atoms with Crippen LogP contribution in [0, 0.1) is 12.8 Å². The van der Waals surface area contributed by atoms with E-state index in [4.69, 9.17) is 9.47 Å². The van der Waals surface area contributed by atoms with Crippen LogP contribution in [0.15, 0.2) is 48.5 Å². The number of urea groups is 1. The van der Waals surface area contributed by atoms with Crippen LogP contribution in [0.4, 0.5) is 10.5 Å². The summed E-state index contributed by atoms with van der Waals surface area (Å²) in [5.41, 5.74) is 2.15. The van der Waals surface area contributed by atoms with Gasteiger partial charge in [-0.05, 0) is 69.5 Å². The van der Waals surface area contributed by atoms with Gasteiger partial charge >= 0.3 is 12.0 Å². The highest BCUT2D eigenvalue weighted by atomic mass is 16.5. The first kappa shape index (κ1) is 25.5. The molecule has 0 radical (unpaired) electrons. The molecule has 1 atom stereocenters. The van der Waals surface area contributed by atoms with Crippen LogP contribution in [-0.2, 0) is 4.74 Å². The number of aliphatic hydroxyl groups excluding tert-OH is 1. The van der Waals surface area contributed by atoms with E-state index in [1.807, 2.05) is 31.2 Å². The summed E-state index contributed by atoms with van der Waals surface area (Å²) < 4.78 is 10.6. The quantitative estimate of drug-likeness (QED) is 0.461. The predicted octanol–water partition coefficient (Wildman–Crippen LogP) is 3.45. The van der Waals surface area contributed by atoms with Crippen LogP contribution in [0.5, 0.6) is 5.75 Å². The average Bonchev–Trinajstić information content (AvgIpc) is 2.84. The molecule has 2 aromatic rings. The number of esters is 1. The molecule has 8 heteroatoms. The zero-order valence-corrected chi connectivity index (χ0v) is 20.0. The zero-order valence-electron chi connectivity index (χ0n) is 20.0. The second-order valence-corrected chi connectivity index (χ2v) is 8.60. The maximum atomic E-state index is 12.6. The van der Waals surface area contributed by atoms with Gasteiger partial charge in [0, 0.05) is 25.3 Å². The van der Waals surface area contributed by atoms with E-state index < -0.39 is 12.1 Å². The van der Waals surface area contributed by atoms with Crippen LogP contribution < -0.4 is 15.4 Å². The maximum absolute atomic E-state index is 12.6. The number of carbonyl (C=O) groups is 2. The Labute approximate surface area is 201 Å². The van der Waals surface area contributed by atoms with Gasteiger partial charge in [-0.1, -0.05) is 23.8 Å². The molecule has 0 saturated carbocycles. The number of nitrogens with zero attached hydrogens (tertiary/aromatic N) is 1. The second kappa shape index (κ2) is 13.0. The van der Waals surface area contributed by atoms with E-state index >= 15 is 0 Å². The number of hydrogen-bond acceptors (Lipinski definition) is 6. The number of piperidine rings is 1. The second-order valence-electron chi connectivity index (χ2n) is 8.60. The molecule has 3 N–H and O–H groups in total. The Hall–Kier alpha value is -3.10. The third-order valence-corrected chi connectivity index (χ3v) is 5.80. The van der Waals surface area contributed by atoms with Gasteiger partial charge in [0.15, 0.2) is 0 Å². The number of ether oxygens (including phenoxy) is 2. The van der Waals surface area contributed by atoms with E-state index in [1.54, 1.807) is 36.1 Å². The van der Waals surface area contributed by atoms with Gasteiger partial charge in [-0.25, -0.2) is 9.59 Å². The fourth-order valence-electron chi connectivity index (χ4n) is 3.82. The Morgan fingerprint density at radius 2 is 1.88 bits per heavy atom. The summed E-state index contributed by atoms with van der Waals surface area (Å²) in [6, 6.07) is 14.4. The predicted molar refractivity (Wildman–Crippen MR) is 131 cm³/mol. The van der Waals surface area contributed by atoms with Crippen LogP contribution in [0.1, 0.15) is 35.7 Å². The molecule has 2 amide bonds. The van der Waals surface area contributed by atoms with Crippen LogP contribution in [0.3, 0.4) is 0 Å². The summed E-state index contributed by atoms with van der Waals surface area (Å²) in [6.45, 7) is 6.90. The molecule has 34 heavy (non-hydrogen) atoms. The number of nitrogens with one attached hydrogen (secondary N) is 2. The molecule has 1 aliphatic heterocycles. The number of carbonyl (C=O) groups excluding carboxylic acids is 2. The maximum Gasteiger partial charge on any atom is 0.338 e. The zero-order chi connectivity index (χ0) is 24.3. The van der Waals surface area contributed by atoms with Crippen LogP contribution in [0.25, 0.3) is 0 Å². The molecule has 0 unspecified atom stereocenters. The van der Waals surface area contributed by atoms with E-state index in [0.29, 0.717) is 43.4 Å². The van der Waals surface area contributed by atoms with Gasteiger partial charge in [-0.2, -0.15) is 0 Å². The van der Waals surface area contributed by atoms with Crippen molar-refractivity contribution in [1.82, 2.24) is 10.2 Å². The van der Waals surface area contributed by atoms with Crippen molar-refractivity contribution in [2.24, 2.45) is 5.92 Å². The molecule has 3 rings (SSSR count). The monoisotopic (exact) mass is 469 g/mol. The van der Waals surface area contributed by atoms with Crippen molar-refractivity contribution in [1.29, 1.82) is 0 Å². The Morgan fingerprint density at radius 3 is 2.59 bits per heavy atom. The first-order valence-corrected chi connectivity index (χ1v) is 11.9. The van der Waals surface area contributed by atoms with Gasteiger partial charge in [-0.3, -0.25) is 0 Å². The average molecular weight is 470 g/mol. The molecular formula is C26H35N3O5. The standard InChI is InChI=1S/C26H35N3O5/c1-3-33-25(31)21-5-4-6-22(15-21)28-26(32)29-13-11-20(12-14-29)16-27-17-23(30)18-34-24-9-7-19(2)8-10-24/h4-10,15,20,23,27,30H,3,11-14,16-18H2,1-2H3,(H,28,32)/t23-/m0/s1. The van der Waals surface area contributed by atoms with Crippen molar-refractivity contribution < 1.29 is 24.2 Å². The van der Waals surface area contributed by atoms with Crippen molar-refractivity contribution in [3.63, 3.8) is 0 Å². The molecule has 1 saturated heterocycles. The van der Waals surface area contributed by atoms with Crippen LogP contribution in [-0.4, -0.2) is 67.5 Å². The fraction of sp³-hybridized carbons (Fsp3) is 0.462. The number of hydrogen-bond donors (Lipinski definition) is 3. The number of aliphatic hydroxyl groups is 1. The molecule has 184 valence electrons. The Morgan fingerprint density at radius 1 is 1.15 bits per heavy atom. The number of aryl methyl sites for hydroxylation is 1. The normalized spacial score (nSPS) is 15.0. The smallest absolute Gasteiger partial charge is 0.338 e. The van der Waals surface area contributed by atoms with Crippen LogP contribution >= 0.6 is 0 Å². The third-order valence-electron chi connectivity index (χ3n) is 5.80. The van der Waals surface area contributed by atoms with Gasteiger partial charge in [0.1, 0.15) is 18.5 Å². The minimum Gasteiger partial charge on any atom is -0.491 e. The minimum atomic E-state index is -0.586. The summed E-state index contributed by atoms with van der Waals surface area (Å²) in [7, 11) is 0. The first-order chi connectivity index (χ1) is 16.4. The van der Waals surface area contributed by atoms with Crippen molar-refractivity contribution in [3.05, 3.63) is 59.7 Å². The number of likely N-dealkylation sites (tertiary alicyclic amines) is 1. The molecule has 0 aliphatic carbocycles. The molecule has 8 nitrogen and oxygen atoms in total. The summed E-state index contributed by atoms with van der Waals surface area (Å²) in [4.78, 5) is 26.3. The molecular weight excluding hydrogens is 434 g/mol. The van der Waals surface area contributed by atoms with Gasteiger partial charge in [0.05, 0.1) is 12.2 Å². The van der Waals surface area contributed by atoms with E-state index in [2.05, 4.69) is 10.6 Å². The highest BCUT2D eigenvalue weighted by Crippen LogP contribution is 2.19. The Balaban J connectivity index is 1.33. The Bertz CT molecular complexity index is 926. The van der Waals surface area contributed by atoms with Crippen molar-refractivity contribution in [3.8, 4) is 5.75 Å². The minimum absolute atomic E-state index is 0.170. The van der Waals surface area contributed by atoms with Crippen molar-refractivity contribution >= 4 is 17.7 Å². The topological polar surface area (TPSA) is 100 Å². The summed E-state index contributed by atoms with van der Waals surface area (Å²) in [6.07, 6.45) is 1.19. The van der Waals surface area contributed by atoms with E-state index in [9.17, 15) is 14.7 Å². The van der Waals surface area contributed by atoms with E-state index in [0.717, 1.165) is 25.1 Å². The number of rotatable bonds is 10. The summed E-state index contributed by atoms with van der Waals surface area (Å²) >= 11 is 0. The number of amides is 2.